The lowest BCUT2D eigenvalue weighted by molar-refractivity contribution is -0.889. The van der Waals surface area contributed by atoms with E-state index in [0.717, 1.165) is 29.6 Å². The highest BCUT2D eigenvalue weighted by atomic mass is 32.2. The van der Waals surface area contributed by atoms with Crippen molar-refractivity contribution in [1.82, 2.24) is 5.32 Å². The van der Waals surface area contributed by atoms with Gasteiger partial charge in [-0.25, -0.2) is 0 Å². The lowest BCUT2D eigenvalue weighted by atomic mass is 9.88. The number of amides is 1. The third-order valence-corrected chi connectivity index (χ3v) is 6.25. The molecule has 1 aromatic rings. The van der Waals surface area contributed by atoms with Gasteiger partial charge in [-0.1, -0.05) is 39.3 Å². The number of nitrogens with zero attached hydrogens (tertiary/aromatic N) is 1. The quantitative estimate of drug-likeness (QED) is 0.406. The molecule has 2 N–H and O–H groups in total. The molecule has 28 heavy (non-hydrogen) atoms. The summed E-state index contributed by atoms with van der Waals surface area (Å²) in [4.78, 5) is 12.5. The van der Waals surface area contributed by atoms with Gasteiger partial charge in [0.1, 0.15) is 0 Å². The number of rotatable bonds is 12. The predicted octanol–water partition coefficient (Wildman–Crippen LogP) is 3.45. The average Bonchev–Trinajstić information content (AvgIpc) is 2.63. The molecule has 1 rings (SSSR count). The summed E-state index contributed by atoms with van der Waals surface area (Å²) in [5, 5.41) is 3.09. The second-order valence-corrected chi connectivity index (χ2v) is 9.74. The Morgan fingerprint density at radius 3 is 2.25 bits per heavy atom. The fourth-order valence-electron chi connectivity index (χ4n) is 3.31. The van der Waals surface area contributed by atoms with E-state index in [9.17, 15) is 13.2 Å². The van der Waals surface area contributed by atoms with E-state index in [1.807, 2.05) is 13.8 Å². The third kappa shape index (κ3) is 8.29. The van der Waals surface area contributed by atoms with E-state index < -0.39 is 10.1 Å². The molecule has 0 bridgehead atoms. The van der Waals surface area contributed by atoms with Crippen LogP contribution < -0.4 is 5.32 Å². The minimum atomic E-state index is -4.18. The van der Waals surface area contributed by atoms with Crippen LogP contribution in [0.15, 0.2) is 29.2 Å². The van der Waals surface area contributed by atoms with Crippen molar-refractivity contribution < 1.29 is 22.2 Å². The Kier molecular flexibility index (Phi) is 9.60. The molecule has 0 heterocycles. The van der Waals surface area contributed by atoms with Crippen LogP contribution in [-0.2, 0) is 14.9 Å². The van der Waals surface area contributed by atoms with Crippen molar-refractivity contribution in [2.75, 3.05) is 33.7 Å². The topological polar surface area (TPSA) is 83.5 Å². The van der Waals surface area contributed by atoms with Crippen molar-refractivity contribution in [3.05, 3.63) is 29.8 Å². The van der Waals surface area contributed by atoms with Crippen molar-refractivity contribution >= 4 is 16.0 Å². The third-order valence-electron chi connectivity index (χ3n) is 5.38. The zero-order valence-corrected chi connectivity index (χ0v) is 18.8. The van der Waals surface area contributed by atoms with Crippen LogP contribution in [0.4, 0.5) is 0 Å². The highest BCUT2D eigenvalue weighted by molar-refractivity contribution is 7.85. The molecule has 6 nitrogen and oxygen atoms in total. The highest BCUT2D eigenvalue weighted by Crippen LogP contribution is 2.26. The molecule has 0 aliphatic heterocycles. The monoisotopic (exact) mass is 413 g/mol. The lowest BCUT2D eigenvalue weighted by Gasteiger charge is -2.30. The zero-order valence-electron chi connectivity index (χ0n) is 17.9. The molecule has 0 aliphatic carbocycles. The Labute approximate surface area is 170 Å². The molecular formula is C21H37N2O4S+. The maximum atomic E-state index is 12.6. The van der Waals surface area contributed by atoms with Crippen molar-refractivity contribution in [2.45, 2.75) is 57.3 Å². The Balaban J connectivity index is 2.59. The first-order valence-corrected chi connectivity index (χ1v) is 11.6. The van der Waals surface area contributed by atoms with E-state index in [1.165, 1.54) is 25.0 Å². The molecule has 0 spiro atoms. The van der Waals surface area contributed by atoms with Crippen LogP contribution in [0.2, 0.25) is 0 Å². The van der Waals surface area contributed by atoms with Gasteiger partial charge in [-0.15, -0.1) is 0 Å². The van der Waals surface area contributed by atoms with Crippen LogP contribution in [-0.4, -0.2) is 57.1 Å². The van der Waals surface area contributed by atoms with Gasteiger partial charge in [-0.2, -0.15) is 8.42 Å². The largest absolute Gasteiger partial charge is 0.350 e. The van der Waals surface area contributed by atoms with Crippen LogP contribution >= 0.6 is 0 Å². The van der Waals surface area contributed by atoms with E-state index >= 15 is 0 Å². The van der Waals surface area contributed by atoms with Gasteiger partial charge in [0, 0.05) is 5.92 Å². The van der Waals surface area contributed by atoms with Crippen molar-refractivity contribution in [3.8, 4) is 0 Å². The maximum absolute atomic E-state index is 12.6. The molecule has 160 valence electrons. The van der Waals surface area contributed by atoms with E-state index in [4.69, 9.17) is 4.55 Å². The standard InChI is InChI=1S/C21H36N2O4S/c1-6-8-14-23(4,5)15-13-22-21(24)18(7-2)16-17(3)19-9-11-20(12-10-19)28(25,26)27/h9-12,17-18H,6-8,13-16H2,1-5H3,(H-,22,24,25,26,27)/p+1/t17-,18?/m1/s1. The van der Waals surface area contributed by atoms with E-state index in [1.54, 1.807) is 12.1 Å². The molecule has 1 amide bonds. The molecule has 1 aromatic carbocycles. The van der Waals surface area contributed by atoms with Gasteiger partial charge in [-0.3, -0.25) is 9.35 Å². The summed E-state index contributed by atoms with van der Waals surface area (Å²) in [6, 6.07) is 6.20. The summed E-state index contributed by atoms with van der Waals surface area (Å²) < 4.78 is 32.3. The number of hydrogen-bond donors (Lipinski definition) is 2. The Morgan fingerprint density at radius 1 is 1.14 bits per heavy atom. The lowest BCUT2D eigenvalue weighted by Crippen LogP contribution is -2.46. The maximum Gasteiger partial charge on any atom is 0.294 e. The number of hydrogen-bond acceptors (Lipinski definition) is 3. The normalized spacial score (nSPS) is 14.5. The SMILES string of the molecule is CCCC[N+](C)(C)CCNC(=O)C(CC)C[C@@H](C)c1ccc(S(=O)(=O)O)cc1. The number of likely N-dealkylation sites (N-methyl/N-ethyl adjacent to an activating group) is 1. The molecule has 7 heteroatoms. The first-order chi connectivity index (χ1) is 13.0. The van der Waals surface area contributed by atoms with Gasteiger partial charge in [0.25, 0.3) is 10.1 Å². The molecule has 0 radical (unpaired) electrons. The molecule has 0 saturated heterocycles. The fourth-order valence-corrected chi connectivity index (χ4v) is 3.79. The minimum Gasteiger partial charge on any atom is -0.350 e. The fraction of sp³-hybridized carbons (Fsp3) is 0.667. The summed E-state index contributed by atoms with van der Waals surface area (Å²) >= 11 is 0. The van der Waals surface area contributed by atoms with E-state index in [-0.39, 0.29) is 22.6 Å². The van der Waals surface area contributed by atoms with E-state index in [0.29, 0.717) is 13.0 Å². The zero-order chi connectivity index (χ0) is 21.4. The van der Waals surface area contributed by atoms with Gasteiger partial charge in [0.2, 0.25) is 5.91 Å². The van der Waals surface area contributed by atoms with Gasteiger partial charge in [0.15, 0.2) is 0 Å². The van der Waals surface area contributed by atoms with Crippen LogP contribution in [0.25, 0.3) is 0 Å². The number of quaternary nitrogens is 1. The number of carbonyl (C=O) groups is 1. The summed E-state index contributed by atoms with van der Waals surface area (Å²) in [6.07, 6.45) is 3.82. The average molecular weight is 414 g/mol. The smallest absolute Gasteiger partial charge is 0.294 e. The summed E-state index contributed by atoms with van der Waals surface area (Å²) in [7, 11) is 0.203. The number of nitrogens with one attached hydrogen (secondary N) is 1. The van der Waals surface area contributed by atoms with Crippen LogP contribution in [0.5, 0.6) is 0 Å². The number of benzene rings is 1. The second-order valence-electron chi connectivity index (χ2n) is 8.31. The number of unbranched alkanes of at least 4 members (excludes halogenated alkanes) is 1. The van der Waals surface area contributed by atoms with Crippen LogP contribution in [0.3, 0.4) is 0 Å². The number of carbonyl (C=O) groups excluding carboxylic acids is 1. The minimum absolute atomic E-state index is 0.0810. The molecule has 1 unspecified atom stereocenters. The molecule has 0 aromatic heterocycles. The van der Waals surface area contributed by atoms with Gasteiger partial charge < -0.3 is 9.80 Å². The summed E-state index contributed by atoms with van der Waals surface area (Å²) in [6.45, 7) is 8.92. The van der Waals surface area contributed by atoms with Gasteiger partial charge >= 0.3 is 0 Å². The molecular weight excluding hydrogens is 376 g/mol. The van der Waals surface area contributed by atoms with Crippen LogP contribution in [0.1, 0.15) is 57.9 Å². The Morgan fingerprint density at radius 2 is 1.75 bits per heavy atom. The highest BCUT2D eigenvalue weighted by Gasteiger charge is 2.22. The summed E-state index contributed by atoms with van der Waals surface area (Å²) in [5.41, 5.74) is 0.955. The van der Waals surface area contributed by atoms with Crippen molar-refractivity contribution in [2.24, 2.45) is 5.92 Å². The van der Waals surface area contributed by atoms with Gasteiger partial charge in [-0.05, 0) is 42.9 Å². The molecule has 0 saturated carbocycles. The Hall–Kier alpha value is -1.44. The molecule has 2 atom stereocenters. The van der Waals surface area contributed by atoms with Gasteiger partial charge in [0.05, 0.1) is 38.6 Å². The summed E-state index contributed by atoms with van der Waals surface area (Å²) in [5.74, 6) is 0.116. The molecule has 0 fully saturated rings. The van der Waals surface area contributed by atoms with E-state index in [2.05, 4.69) is 26.3 Å². The second kappa shape index (κ2) is 10.9. The van der Waals surface area contributed by atoms with Crippen LogP contribution in [0, 0.1) is 5.92 Å². The first-order valence-electron chi connectivity index (χ1n) is 10.2. The van der Waals surface area contributed by atoms with Crippen molar-refractivity contribution in [3.63, 3.8) is 0 Å². The molecule has 0 aliphatic rings. The predicted molar refractivity (Wildman–Crippen MR) is 113 cm³/mol. The van der Waals surface area contributed by atoms with Crippen molar-refractivity contribution in [1.29, 1.82) is 0 Å². The first kappa shape index (κ1) is 24.6. The Bertz CT molecular complexity index is 714.